The Morgan fingerprint density at radius 1 is 0.372 bits per heavy atom. The van der Waals surface area contributed by atoms with E-state index < -0.39 is 0 Å². The molecule has 6 rings (SSSR count). The Bertz CT molecular complexity index is 1620. The molecule has 1 aliphatic rings. The van der Waals surface area contributed by atoms with Crippen LogP contribution in [-0.2, 0) is 12.8 Å². The summed E-state index contributed by atoms with van der Waals surface area (Å²) in [5.74, 6) is 0. The highest BCUT2D eigenvalue weighted by Crippen LogP contribution is 2.37. The van der Waals surface area contributed by atoms with Crippen LogP contribution in [0.15, 0.2) is 152 Å². The molecule has 5 aromatic rings. The summed E-state index contributed by atoms with van der Waals surface area (Å²) in [4.78, 5) is 2.38. The van der Waals surface area contributed by atoms with Gasteiger partial charge >= 0.3 is 0 Å². The molecule has 0 N–H and O–H groups in total. The molecule has 0 radical (unpaired) electrons. The summed E-state index contributed by atoms with van der Waals surface area (Å²) in [6.45, 7) is 0. The molecule has 0 saturated heterocycles. The van der Waals surface area contributed by atoms with Crippen LogP contribution in [0, 0.1) is 0 Å². The number of benzene rings is 5. The van der Waals surface area contributed by atoms with Crippen molar-refractivity contribution in [2.24, 2.45) is 0 Å². The Kier molecular flexibility index (Phi) is 9.22. The summed E-state index contributed by atoms with van der Waals surface area (Å²) >= 11 is 0. The van der Waals surface area contributed by atoms with Crippen LogP contribution in [0.5, 0.6) is 0 Å². The molecule has 5 aromatic carbocycles. The van der Waals surface area contributed by atoms with E-state index in [1.165, 1.54) is 58.3 Å². The van der Waals surface area contributed by atoms with Gasteiger partial charge in [-0.1, -0.05) is 140 Å². The van der Waals surface area contributed by atoms with Crippen molar-refractivity contribution in [3.8, 4) is 0 Å². The lowest BCUT2D eigenvalue weighted by Crippen LogP contribution is -2.12. The second-order valence-electron chi connectivity index (χ2n) is 10.9. The van der Waals surface area contributed by atoms with Gasteiger partial charge in [0, 0.05) is 17.1 Å². The van der Waals surface area contributed by atoms with Crippen LogP contribution in [-0.4, -0.2) is 0 Å². The maximum Gasteiger partial charge on any atom is 0.0464 e. The minimum atomic E-state index is 1.15. The standard InChI is InChI=1S/C42H37N/c1-3-13-34(14-4-1)17-7-9-19-36-23-28-40(29-24-36)43(42-32-27-38-21-11-12-22-39(38)33-42)41-30-25-37(26-31-41)20-10-8-18-35-15-5-2-6-16-35/h1-10,13-20,23-33H,11-12,21-22H2/b17-7+,18-8+,19-9+,20-10+. The quantitative estimate of drug-likeness (QED) is 0.164. The molecule has 0 amide bonds. The van der Waals surface area contributed by atoms with Gasteiger partial charge < -0.3 is 4.90 Å². The number of hydrogen-bond acceptors (Lipinski definition) is 1. The molecule has 0 bridgehead atoms. The molecule has 210 valence electrons. The fourth-order valence-electron chi connectivity index (χ4n) is 5.57. The lowest BCUT2D eigenvalue weighted by Gasteiger charge is -2.27. The molecule has 0 heterocycles. The van der Waals surface area contributed by atoms with E-state index in [2.05, 4.69) is 169 Å². The number of fused-ring (bicyclic) bond motifs is 1. The first kappa shape index (κ1) is 28.0. The lowest BCUT2D eigenvalue weighted by atomic mass is 9.91. The Morgan fingerprint density at radius 2 is 0.767 bits per heavy atom. The Hall–Kier alpha value is -5.14. The molecular weight excluding hydrogens is 518 g/mol. The Balaban J connectivity index is 1.23. The van der Waals surface area contributed by atoms with Crippen molar-refractivity contribution < 1.29 is 0 Å². The van der Waals surface area contributed by atoms with Crippen molar-refractivity contribution in [1.29, 1.82) is 0 Å². The average molecular weight is 556 g/mol. The maximum absolute atomic E-state index is 2.40. The molecule has 1 heteroatoms. The highest BCUT2D eigenvalue weighted by Gasteiger charge is 2.16. The number of nitrogens with zero attached hydrogens (tertiary/aromatic N) is 1. The van der Waals surface area contributed by atoms with Gasteiger partial charge in [0.15, 0.2) is 0 Å². The van der Waals surface area contributed by atoms with E-state index in [9.17, 15) is 0 Å². The maximum atomic E-state index is 2.40. The normalized spacial score (nSPS) is 13.3. The number of allylic oxidation sites excluding steroid dienone is 4. The predicted octanol–water partition coefficient (Wildman–Crippen LogP) is 11.5. The number of anilines is 3. The zero-order valence-electron chi connectivity index (χ0n) is 24.5. The Labute approximate surface area is 256 Å². The van der Waals surface area contributed by atoms with Gasteiger partial charge in [0.25, 0.3) is 0 Å². The number of hydrogen-bond donors (Lipinski definition) is 0. The molecule has 0 spiro atoms. The molecule has 0 aliphatic heterocycles. The van der Waals surface area contributed by atoms with Crippen LogP contribution in [0.4, 0.5) is 17.1 Å². The highest BCUT2D eigenvalue weighted by atomic mass is 15.1. The summed E-state index contributed by atoms with van der Waals surface area (Å²) in [6.07, 6.45) is 21.9. The van der Waals surface area contributed by atoms with Crippen LogP contribution < -0.4 is 4.90 Å². The van der Waals surface area contributed by atoms with Crippen molar-refractivity contribution in [3.63, 3.8) is 0 Å². The van der Waals surface area contributed by atoms with Crippen molar-refractivity contribution in [2.75, 3.05) is 4.90 Å². The van der Waals surface area contributed by atoms with Crippen molar-refractivity contribution in [2.45, 2.75) is 25.7 Å². The zero-order chi connectivity index (χ0) is 29.1. The van der Waals surface area contributed by atoms with Gasteiger partial charge in [0.05, 0.1) is 0 Å². The van der Waals surface area contributed by atoms with E-state index in [4.69, 9.17) is 0 Å². The largest absolute Gasteiger partial charge is 0.310 e. The third kappa shape index (κ3) is 7.58. The van der Waals surface area contributed by atoms with E-state index in [1.807, 2.05) is 12.1 Å². The van der Waals surface area contributed by atoms with E-state index in [-0.39, 0.29) is 0 Å². The van der Waals surface area contributed by atoms with Crippen molar-refractivity contribution >= 4 is 41.4 Å². The lowest BCUT2D eigenvalue weighted by molar-refractivity contribution is 0.685. The monoisotopic (exact) mass is 555 g/mol. The molecule has 0 aromatic heterocycles. The SMILES string of the molecule is C(/C=C/c1ccc(N(c2ccc(/C=C/C=C/c3ccccc3)cc2)c2ccc3c(c2)CCCC3)cc1)=C\c1ccccc1. The van der Waals surface area contributed by atoms with Crippen molar-refractivity contribution in [3.05, 3.63) is 185 Å². The van der Waals surface area contributed by atoms with E-state index in [0.29, 0.717) is 0 Å². The summed E-state index contributed by atoms with van der Waals surface area (Å²) in [6, 6.07) is 45.5. The van der Waals surface area contributed by atoms with Gasteiger partial charge in [-0.25, -0.2) is 0 Å². The summed E-state index contributed by atoms with van der Waals surface area (Å²) in [5.41, 5.74) is 11.3. The summed E-state index contributed by atoms with van der Waals surface area (Å²) < 4.78 is 0. The first-order valence-corrected chi connectivity index (χ1v) is 15.2. The van der Waals surface area contributed by atoms with E-state index in [1.54, 1.807) is 0 Å². The third-order valence-corrected chi connectivity index (χ3v) is 7.87. The van der Waals surface area contributed by atoms with Crippen LogP contribution in [0.25, 0.3) is 24.3 Å². The minimum absolute atomic E-state index is 1.15. The second-order valence-corrected chi connectivity index (χ2v) is 10.9. The third-order valence-electron chi connectivity index (χ3n) is 7.87. The van der Waals surface area contributed by atoms with Gasteiger partial charge in [-0.3, -0.25) is 0 Å². The van der Waals surface area contributed by atoms with Gasteiger partial charge in [0.1, 0.15) is 0 Å². The smallest absolute Gasteiger partial charge is 0.0464 e. The molecule has 43 heavy (non-hydrogen) atoms. The molecule has 1 aliphatic carbocycles. The number of rotatable bonds is 9. The van der Waals surface area contributed by atoms with Gasteiger partial charge in [-0.05, 0) is 95.5 Å². The van der Waals surface area contributed by atoms with E-state index in [0.717, 1.165) is 17.8 Å². The second kappa shape index (κ2) is 14.2. The first-order chi connectivity index (χ1) is 21.3. The summed E-state index contributed by atoms with van der Waals surface area (Å²) in [5, 5.41) is 0. The molecule has 0 fully saturated rings. The fraction of sp³-hybridized carbons (Fsp3) is 0.0952. The molecule has 1 nitrogen and oxygen atoms in total. The summed E-state index contributed by atoms with van der Waals surface area (Å²) in [7, 11) is 0. The van der Waals surface area contributed by atoms with Crippen LogP contribution in [0.2, 0.25) is 0 Å². The number of aryl methyl sites for hydroxylation is 2. The fourth-order valence-corrected chi connectivity index (χ4v) is 5.57. The average Bonchev–Trinajstić information content (AvgIpc) is 3.07. The van der Waals surface area contributed by atoms with Gasteiger partial charge in [0.2, 0.25) is 0 Å². The highest BCUT2D eigenvalue weighted by molar-refractivity contribution is 5.78. The molecular formula is C42H37N. The van der Waals surface area contributed by atoms with Crippen LogP contribution in [0.1, 0.15) is 46.2 Å². The minimum Gasteiger partial charge on any atom is -0.310 e. The van der Waals surface area contributed by atoms with Gasteiger partial charge in [-0.2, -0.15) is 0 Å². The topological polar surface area (TPSA) is 3.24 Å². The molecule has 0 saturated carbocycles. The molecule has 0 unspecified atom stereocenters. The molecule has 0 atom stereocenters. The van der Waals surface area contributed by atoms with E-state index >= 15 is 0 Å². The van der Waals surface area contributed by atoms with Crippen LogP contribution in [0.3, 0.4) is 0 Å². The predicted molar refractivity (Wildman–Crippen MR) is 187 cm³/mol. The Morgan fingerprint density at radius 3 is 1.23 bits per heavy atom. The van der Waals surface area contributed by atoms with Gasteiger partial charge in [-0.15, -0.1) is 0 Å². The zero-order valence-corrected chi connectivity index (χ0v) is 24.5. The van der Waals surface area contributed by atoms with Crippen LogP contribution >= 0.6 is 0 Å². The van der Waals surface area contributed by atoms with Crippen molar-refractivity contribution in [1.82, 2.24) is 0 Å². The first-order valence-electron chi connectivity index (χ1n) is 15.2.